The van der Waals surface area contributed by atoms with Crippen LogP contribution < -0.4 is 10.1 Å². The zero-order chi connectivity index (χ0) is 17.4. The molecule has 1 amide bonds. The van der Waals surface area contributed by atoms with Gasteiger partial charge in [-0.2, -0.15) is 0 Å². The van der Waals surface area contributed by atoms with Crippen LogP contribution in [-0.4, -0.2) is 26.2 Å². The Labute approximate surface area is 145 Å². The molecule has 0 radical (unpaired) electrons. The fourth-order valence-electron chi connectivity index (χ4n) is 2.55. The molecular weight excluding hydrogens is 350 g/mol. The van der Waals surface area contributed by atoms with E-state index in [2.05, 4.69) is 5.32 Å². The van der Waals surface area contributed by atoms with Crippen LogP contribution in [0.25, 0.3) is 0 Å². The number of carbonyl (C=O) groups excluding carboxylic acids is 1. The highest BCUT2D eigenvalue weighted by molar-refractivity contribution is 7.94. The number of benzene rings is 2. The summed E-state index contributed by atoms with van der Waals surface area (Å²) in [4.78, 5) is 12.8. The van der Waals surface area contributed by atoms with Crippen molar-refractivity contribution in [2.24, 2.45) is 0 Å². The number of para-hydroxylation sites is 2. The molecule has 0 saturated heterocycles. The SMILES string of the molecule is COc1ccccc1NC(=O)C1(S(=O)(=O)c2ccc(Cl)cc2)CC1. The Hall–Kier alpha value is -2.05. The maximum atomic E-state index is 12.9. The molecule has 1 aliphatic carbocycles. The van der Waals surface area contributed by atoms with Crippen LogP contribution in [0.2, 0.25) is 5.02 Å². The van der Waals surface area contributed by atoms with Gasteiger partial charge in [0, 0.05) is 5.02 Å². The molecule has 0 aliphatic heterocycles. The third-order valence-electron chi connectivity index (χ3n) is 4.11. The van der Waals surface area contributed by atoms with Crippen LogP contribution in [0, 0.1) is 0 Å². The molecule has 2 aromatic rings. The van der Waals surface area contributed by atoms with E-state index in [9.17, 15) is 13.2 Å². The molecule has 0 unspecified atom stereocenters. The smallest absolute Gasteiger partial charge is 0.246 e. The van der Waals surface area contributed by atoms with Gasteiger partial charge in [0.1, 0.15) is 5.75 Å². The average Bonchev–Trinajstić information content (AvgIpc) is 3.38. The summed E-state index contributed by atoms with van der Waals surface area (Å²) in [6.07, 6.45) is 0.581. The minimum atomic E-state index is -3.79. The van der Waals surface area contributed by atoms with Crippen molar-refractivity contribution in [1.82, 2.24) is 0 Å². The van der Waals surface area contributed by atoms with Crippen LogP contribution in [0.5, 0.6) is 5.75 Å². The molecule has 1 aliphatic rings. The summed E-state index contributed by atoms with van der Waals surface area (Å²) in [6.45, 7) is 0. The number of ether oxygens (including phenoxy) is 1. The van der Waals surface area contributed by atoms with E-state index in [-0.39, 0.29) is 4.90 Å². The third-order valence-corrected chi connectivity index (χ3v) is 6.88. The quantitative estimate of drug-likeness (QED) is 0.882. The van der Waals surface area contributed by atoms with E-state index in [0.29, 0.717) is 29.3 Å². The van der Waals surface area contributed by atoms with E-state index >= 15 is 0 Å². The van der Waals surface area contributed by atoms with E-state index < -0.39 is 20.5 Å². The Bertz CT molecular complexity index is 874. The Balaban J connectivity index is 1.90. The van der Waals surface area contributed by atoms with Crippen molar-refractivity contribution in [2.45, 2.75) is 22.5 Å². The van der Waals surface area contributed by atoms with Gasteiger partial charge in [0.15, 0.2) is 14.6 Å². The summed E-state index contributed by atoms with van der Waals surface area (Å²) in [5.74, 6) is -0.0625. The summed E-state index contributed by atoms with van der Waals surface area (Å²) in [5, 5.41) is 3.12. The molecule has 126 valence electrons. The first-order valence-corrected chi connectivity index (χ1v) is 9.21. The number of carbonyl (C=O) groups is 1. The summed E-state index contributed by atoms with van der Waals surface area (Å²) in [5.41, 5.74) is 0.447. The van der Waals surface area contributed by atoms with Gasteiger partial charge in [-0.05, 0) is 49.2 Å². The summed E-state index contributed by atoms with van der Waals surface area (Å²) in [7, 11) is -2.31. The van der Waals surface area contributed by atoms with Gasteiger partial charge < -0.3 is 10.1 Å². The maximum Gasteiger partial charge on any atom is 0.246 e. The minimum absolute atomic E-state index is 0.0968. The Morgan fingerprint density at radius 2 is 1.75 bits per heavy atom. The predicted molar refractivity (Wildman–Crippen MR) is 92.2 cm³/mol. The van der Waals surface area contributed by atoms with E-state index in [1.54, 1.807) is 24.3 Å². The standard InChI is InChI=1S/C17H16ClNO4S/c1-23-15-5-3-2-4-14(15)19-16(20)17(10-11-17)24(21,22)13-8-6-12(18)7-9-13/h2-9H,10-11H2,1H3,(H,19,20). The molecule has 0 bridgehead atoms. The molecule has 24 heavy (non-hydrogen) atoms. The highest BCUT2D eigenvalue weighted by atomic mass is 35.5. The van der Waals surface area contributed by atoms with Gasteiger partial charge in [-0.25, -0.2) is 8.42 Å². The molecule has 5 nitrogen and oxygen atoms in total. The second-order valence-electron chi connectivity index (χ2n) is 5.61. The number of methoxy groups -OCH3 is 1. The Morgan fingerprint density at radius 1 is 1.12 bits per heavy atom. The van der Waals surface area contributed by atoms with Crippen molar-refractivity contribution in [2.75, 3.05) is 12.4 Å². The van der Waals surface area contributed by atoms with E-state index in [1.807, 2.05) is 0 Å². The number of rotatable bonds is 5. The molecule has 1 N–H and O–H groups in total. The number of hydrogen-bond acceptors (Lipinski definition) is 4. The highest BCUT2D eigenvalue weighted by Crippen LogP contribution is 2.48. The van der Waals surface area contributed by atoms with Crippen molar-refractivity contribution in [3.8, 4) is 5.75 Å². The van der Waals surface area contributed by atoms with Gasteiger partial charge in [-0.1, -0.05) is 23.7 Å². The highest BCUT2D eigenvalue weighted by Gasteiger charge is 2.61. The van der Waals surface area contributed by atoms with Crippen LogP contribution in [0.3, 0.4) is 0 Å². The zero-order valence-electron chi connectivity index (χ0n) is 13.0. The van der Waals surface area contributed by atoms with Crippen LogP contribution in [0.4, 0.5) is 5.69 Å². The molecule has 0 atom stereocenters. The van der Waals surface area contributed by atoms with E-state index in [1.165, 1.54) is 31.4 Å². The van der Waals surface area contributed by atoms with Crippen molar-refractivity contribution in [3.63, 3.8) is 0 Å². The molecule has 0 heterocycles. The molecule has 0 spiro atoms. The molecule has 0 aromatic heterocycles. The van der Waals surface area contributed by atoms with Crippen molar-refractivity contribution < 1.29 is 17.9 Å². The van der Waals surface area contributed by atoms with Gasteiger partial charge in [-0.3, -0.25) is 4.79 Å². The predicted octanol–water partition coefficient (Wildman–Crippen LogP) is 3.29. The zero-order valence-corrected chi connectivity index (χ0v) is 14.5. The lowest BCUT2D eigenvalue weighted by molar-refractivity contribution is -0.116. The van der Waals surface area contributed by atoms with Crippen LogP contribution in [0.1, 0.15) is 12.8 Å². The lowest BCUT2D eigenvalue weighted by Gasteiger charge is -2.17. The van der Waals surface area contributed by atoms with Gasteiger partial charge >= 0.3 is 0 Å². The molecule has 1 saturated carbocycles. The average molecular weight is 366 g/mol. The largest absolute Gasteiger partial charge is 0.495 e. The molecule has 7 heteroatoms. The van der Waals surface area contributed by atoms with Gasteiger partial charge in [-0.15, -0.1) is 0 Å². The number of anilines is 1. The number of hydrogen-bond donors (Lipinski definition) is 1. The van der Waals surface area contributed by atoms with Gasteiger partial charge in [0.25, 0.3) is 0 Å². The second kappa shape index (κ2) is 6.11. The lowest BCUT2D eigenvalue weighted by atomic mass is 10.2. The van der Waals surface area contributed by atoms with Gasteiger partial charge in [0.05, 0.1) is 17.7 Å². The third kappa shape index (κ3) is 2.76. The van der Waals surface area contributed by atoms with Crippen molar-refractivity contribution in [1.29, 1.82) is 0 Å². The summed E-state index contributed by atoms with van der Waals surface area (Å²) >= 11 is 5.81. The van der Waals surface area contributed by atoms with Crippen LogP contribution in [-0.2, 0) is 14.6 Å². The lowest BCUT2D eigenvalue weighted by Crippen LogP contribution is -2.37. The second-order valence-corrected chi connectivity index (χ2v) is 8.30. The number of amides is 1. The minimum Gasteiger partial charge on any atom is -0.495 e. The van der Waals surface area contributed by atoms with Crippen molar-refractivity contribution in [3.05, 3.63) is 53.6 Å². The number of halogens is 1. The number of sulfone groups is 1. The topological polar surface area (TPSA) is 72.5 Å². The maximum absolute atomic E-state index is 12.9. The van der Waals surface area contributed by atoms with Gasteiger partial charge in [0.2, 0.25) is 5.91 Å². The monoisotopic (exact) mass is 365 g/mol. The van der Waals surface area contributed by atoms with E-state index in [4.69, 9.17) is 16.3 Å². The van der Waals surface area contributed by atoms with E-state index in [0.717, 1.165) is 0 Å². The summed E-state index contributed by atoms with van der Waals surface area (Å²) < 4.78 is 29.5. The molecule has 1 fully saturated rings. The first-order valence-electron chi connectivity index (χ1n) is 7.35. The first-order chi connectivity index (χ1) is 11.4. The number of nitrogens with one attached hydrogen (secondary N) is 1. The molecule has 2 aromatic carbocycles. The summed E-state index contributed by atoms with van der Waals surface area (Å²) in [6, 6.07) is 12.7. The Morgan fingerprint density at radius 3 is 2.33 bits per heavy atom. The fraction of sp³-hybridized carbons (Fsp3) is 0.235. The molecular formula is C17H16ClNO4S. The normalized spacial score (nSPS) is 15.6. The van der Waals surface area contributed by atoms with Crippen LogP contribution in [0.15, 0.2) is 53.4 Å². The fourth-order valence-corrected chi connectivity index (χ4v) is 4.56. The van der Waals surface area contributed by atoms with Crippen molar-refractivity contribution >= 4 is 33.0 Å². The molecule has 3 rings (SSSR count). The first kappa shape index (κ1) is 16.8. The Kier molecular flexibility index (Phi) is 4.27. The van der Waals surface area contributed by atoms with Crippen LogP contribution >= 0.6 is 11.6 Å².